The van der Waals surface area contributed by atoms with Gasteiger partial charge in [-0.15, -0.1) is 0 Å². The lowest BCUT2D eigenvalue weighted by Gasteiger charge is -2.22. The number of benzene rings is 2. The first-order valence-electron chi connectivity index (χ1n) is 17.0. The molecule has 4 aromatic rings. The topological polar surface area (TPSA) is 165 Å². The average Bonchev–Trinajstić information content (AvgIpc) is 3.58. The number of nitrogens with two attached hydrogens (primary N) is 1. The Hall–Kier alpha value is -5.26. The molecular formula is C37H34ClF8N7O4S. The highest BCUT2D eigenvalue weighted by molar-refractivity contribution is 7.92. The molecular weight excluding hydrogens is 826 g/mol. The summed E-state index contributed by atoms with van der Waals surface area (Å²) >= 11 is 6.52. The zero-order chi connectivity index (χ0) is 42.9. The number of carbonyl (C=O) groups excluding carboxylic acids is 1. The van der Waals surface area contributed by atoms with Gasteiger partial charge in [-0.25, -0.2) is 39.7 Å². The maximum absolute atomic E-state index is 15.2. The number of nitrogens with zero attached hydrogens (tertiary/aromatic N) is 4. The van der Waals surface area contributed by atoms with Crippen LogP contribution in [0.2, 0.25) is 5.02 Å². The molecule has 310 valence electrons. The molecule has 1 aliphatic carbocycles. The quantitative estimate of drug-likeness (QED) is 0.101. The Kier molecular flexibility index (Phi) is 12.8. The molecule has 1 aliphatic rings. The number of allylic oxidation sites excluding steroid dienone is 2. The van der Waals surface area contributed by atoms with E-state index in [0.29, 0.717) is 6.07 Å². The first kappa shape index (κ1) is 43.9. The number of hydrogen-bond acceptors (Lipinski definition) is 8. The van der Waals surface area contributed by atoms with E-state index in [9.17, 15) is 44.7 Å². The van der Waals surface area contributed by atoms with Gasteiger partial charge in [-0.2, -0.15) is 13.9 Å². The zero-order valence-corrected chi connectivity index (χ0v) is 32.2. The van der Waals surface area contributed by atoms with Crippen LogP contribution in [0.25, 0.3) is 22.0 Å². The van der Waals surface area contributed by atoms with E-state index >= 15 is 8.78 Å². The minimum absolute atomic E-state index is 0.0462. The van der Waals surface area contributed by atoms with Crippen molar-refractivity contribution in [1.82, 2.24) is 20.1 Å². The molecule has 2 atom stereocenters. The van der Waals surface area contributed by atoms with Crippen LogP contribution in [0.3, 0.4) is 0 Å². The second-order valence-corrected chi connectivity index (χ2v) is 15.7. The van der Waals surface area contributed by atoms with E-state index in [1.165, 1.54) is 36.0 Å². The van der Waals surface area contributed by atoms with Gasteiger partial charge in [0, 0.05) is 35.7 Å². The van der Waals surface area contributed by atoms with Gasteiger partial charge < -0.3 is 16.2 Å². The number of fused-ring (bicyclic) bond motifs is 1. The standard InChI is InChI=1S/C37H34ClF8N7O4S/c1-18-10-25(30(47)34(43)44)33(37(18,45)46)48-15-28(54)50-27(13-19-11-20(41)14-21(42)12-19)31-23(5-4-22(49-31)8-9-36(55,16-39)17-40)24-6-7-26(38)29-32(24)53(2)51-35(29)52-58(3,56)57/h4-7,11-12,14,18,27,34,55H,10,13,15-17,47H2,1-3H3,(H,50,54)(H,51,52)/t18-,27+/m1/s1. The number of carbonyl (C=O) groups is 1. The summed E-state index contributed by atoms with van der Waals surface area (Å²) in [6, 6.07) is 6.50. The number of anilines is 1. The highest BCUT2D eigenvalue weighted by Crippen LogP contribution is 2.43. The molecule has 2 aromatic carbocycles. The number of amides is 1. The molecule has 5 N–H and O–H groups in total. The number of rotatable bonds is 12. The average molecular weight is 860 g/mol. The third-order valence-electron chi connectivity index (χ3n) is 9.02. The second kappa shape index (κ2) is 16.9. The van der Waals surface area contributed by atoms with Crippen LogP contribution in [0.1, 0.15) is 36.3 Å². The summed E-state index contributed by atoms with van der Waals surface area (Å²) in [5.74, 6) is -4.11. The van der Waals surface area contributed by atoms with Crippen molar-refractivity contribution in [2.24, 2.45) is 23.7 Å². The first-order valence-corrected chi connectivity index (χ1v) is 19.3. The lowest BCUT2D eigenvalue weighted by Crippen LogP contribution is -2.35. The number of aliphatic imine (C=N–C) groups is 1. The number of aliphatic hydroxyl groups is 1. The zero-order valence-electron chi connectivity index (χ0n) is 30.7. The third kappa shape index (κ3) is 9.54. The van der Waals surface area contributed by atoms with Crippen LogP contribution < -0.4 is 15.8 Å². The molecule has 2 heterocycles. The lowest BCUT2D eigenvalue weighted by molar-refractivity contribution is -0.120. The molecule has 21 heteroatoms. The Labute approximate surface area is 331 Å². The number of pyridine rings is 1. The van der Waals surface area contributed by atoms with Gasteiger partial charge in [0.2, 0.25) is 15.9 Å². The smallest absolute Gasteiger partial charge is 0.292 e. The van der Waals surface area contributed by atoms with Crippen LogP contribution in [0.5, 0.6) is 0 Å². The molecule has 1 fully saturated rings. The summed E-state index contributed by atoms with van der Waals surface area (Å²) in [5, 5.41) is 17.1. The molecule has 1 amide bonds. The van der Waals surface area contributed by atoms with Gasteiger partial charge in [0.15, 0.2) is 11.4 Å². The number of halogens is 9. The Morgan fingerprint density at radius 3 is 2.38 bits per heavy atom. The van der Waals surface area contributed by atoms with Crippen molar-refractivity contribution >= 4 is 50.0 Å². The van der Waals surface area contributed by atoms with Gasteiger partial charge in [-0.3, -0.25) is 19.2 Å². The van der Waals surface area contributed by atoms with Crippen molar-refractivity contribution in [2.45, 2.75) is 43.8 Å². The fourth-order valence-electron chi connectivity index (χ4n) is 6.29. The number of sulfonamides is 1. The normalized spacial score (nSPS) is 17.7. The molecule has 0 spiro atoms. The largest absolute Gasteiger partial charge is 0.397 e. The molecule has 0 unspecified atom stereocenters. The minimum Gasteiger partial charge on any atom is -0.397 e. The summed E-state index contributed by atoms with van der Waals surface area (Å²) in [6.45, 7) is -3.18. The van der Waals surface area contributed by atoms with Crippen LogP contribution in [-0.4, -0.2) is 84.0 Å². The molecule has 0 bridgehead atoms. The number of hydrogen-bond donors (Lipinski definition) is 4. The highest BCUT2D eigenvalue weighted by Gasteiger charge is 2.51. The number of aromatic nitrogens is 3. The molecule has 11 nitrogen and oxygen atoms in total. The summed E-state index contributed by atoms with van der Waals surface area (Å²) in [6.07, 6.45) is -3.43. The van der Waals surface area contributed by atoms with Crippen LogP contribution in [0, 0.1) is 29.4 Å². The van der Waals surface area contributed by atoms with Crippen molar-refractivity contribution in [3.05, 3.63) is 87.3 Å². The Balaban J connectivity index is 1.73. The monoisotopic (exact) mass is 859 g/mol. The van der Waals surface area contributed by atoms with Gasteiger partial charge in [-0.1, -0.05) is 30.5 Å². The van der Waals surface area contributed by atoms with E-state index < -0.39 is 107 Å². The van der Waals surface area contributed by atoms with E-state index in [1.54, 1.807) is 0 Å². The van der Waals surface area contributed by atoms with Gasteiger partial charge in [0.05, 0.1) is 39.6 Å². The SMILES string of the molecule is C[C@@H]1CC(=C(N)C(F)F)C(=NCC(=O)N[C@@H](Cc2cc(F)cc(F)c2)c2nc(C#CC(O)(CF)CF)ccc2-c2ccc(Cl)c3c(NS(C)(=O)=O)nn(C)c23)C1(F)F. The third-order valence-corrected chi connectivity index (χ3v) is 9.90. The van der Waals surface area contributed by atoms with Crippen LogP contribution in [-0.2, 0) is 28.3 Å². The molecule has 58 heavy (non-hydrogen) atoms. The maximum atomic E-state index is 15.2. The molecule has 0 aliphatic heterocycles. The second-order valence-electron chi connectivity index (χ2n) is 13.6. The van der Waals surface area contributed by atoms with Crippen LogP contribution >= 0.6 is 11.6 Å². The molecule has 1 saturated carbocycles. The number of aryl methyl sites for hydroxylation is 1. The Morgan fingerprint density at radius 2 is 1.78 bits per heavy atom. The van der Waals surface area contributed by atoms with Crippen LogP contribution in [0.4, 0.5) is 40.9 Å². The van der Waals surface area contributed by atoms with E-state index in [-0.39, 0.29) is 49.8 Å². The molecule has 0 radical (unpaired) electrons. The fraction of sp³-hybridized carbons (Fsp3) is 0.351. The van der Waals surface area contributed by atoms with Gasteiger partial charge in [0.1, 0.15) is 42.9 Å². The van der Waals surface area contributed by atoms with Crippen molar-refractivity contribution in [1.29, 1.82) is 0 Å². The maximum Gasteiger partial charge on any atom is 0.292 e. The molecule has 0 saturated heterocycles. The fourth-order valence-corrected chi connectivity index (χ4v) is 7.02. The van der Waals surface area contributed by atoms with Crippen LogP contribution in [0.15, 0.2) is 58.7 Å². The van der Waals surface area contributed by atoms with E-state index in [2.05, 4.69) is 37.0 Å². The summed E-state index contributed by atoms with van der Waals surface area (Å²) in [7, 11) is -2.44. The predicted octanol–water partition coefficient (Wildman–Crippen LogP) is 5.95. The van der Waals surface area contributed by atoms with E-state index in [4.69, 9.17) is 17.3 Å². The molecule has 2 aromatic heterocycles. The Bertz CT molecular complexity index is 2480. The lowest BCUT2D eigenvalue weighted by atomic mass is 9.93. The van der Waals surface area contributed by atoms with E-state index in [1.807, 2.05) is 0 Å². The Morgan fingerprint density at radius 1 is 1.14 bits per heavy atom. The van der Waals surface area contributed by atoms with Gasteiger partial charge in [0.25, 0.3) is 12.3 Å². The van der Waals surface area contributed by atoms with E-state index in [0.717, 1.165) is 25.3 Å². The number of nitrogens with one attached hydrogen (secondary N) is 2. The van der Waals surface area contributed by atoms with Crippen molar-refractivity contribution in [3.8, 4) is 23.0 Å². The van der Waals surface area contributed by atoms with Crippen molar-refractivity contribution in [3.63, 3.8) is 0 Å². The summed E-state index contributed by atoms with van der Waals surface area (Å²) in [4.78, 5) is 21.8. The first-order chi connectivity index (χ1) is 27.1. The minimum atomic E-state index is -3.89. The van der Waals surface area contributed by atoms with Gasteiger partial charge in [-0.05, 0) is 54.7 Å². The highest BCUT2D eigenvalue weighted by atomic mass is 35.5. The van der Waals surface area contributed by atoms with Crippen molar-refractivity contribution in [2.75, 3.05) is 30.9 Å². The summed E-state index contributed by atoms with van der Waals surface area (Å²) < 4.78 is 141. The van der Waals surface area contributed by atoms with Gasteiger partial charge >= 0.3 is 0 Å². The predicted molar refractivity (Wildman–Crippen MR) is 200 cm³/mol. The summed E-state index contributed by atoms with van der Waals surface area (Å²) in [5.41, 5.74) is -0.0462. The molecule has 5 rings (SSSR count). The van der Waals surface area contributed by atoms with Crippen molar-refractivity contribution < 1.29 is 53.4 Å². The number of alkyl halides is 6.